The molecule has 0 amide bonds. The molecule has 82 valence electrons. The zero-order valence-electron chi connectivity index (χ0n) is 8.84. The van der Waals surface area contributed by atoms with E-state index in [2.05, 4.69) is 0 Å². The summed E-state index contributed by atoms with van der Waals surface area (Å²) in [7, 11) is 1.45. The molecule has 0 aliphatic heterocycles. The molecule has 0 bridgehead atoms. The van der Waals surface area contributed by atoms with E-state index in [1.165, 1.54) is 19.2 Å². The van der Waals surface area contributed by atoms with Crippen molar-refractivity contribution in [2.24, 2.45) is 0 Å². The Morgan fingerprint density at radius 1 is 1.00 bits per heavy atom. The second-order valence-electron chi connectivity index (χ2n) is 3.41. The van der Waals surface area contributed by atoms with Gasteiger partial charge in [0.1, 0.15) is 5.75 Å². The Balaban J connectivity index is 2.61. The van der Waals surface area contributed by atoms with Gasteiger partial charge in [-0.15, -0.1) is 0 Å². The second-order valence-corrected chi connectivity index (χ2v) is 3.41. The highest BCUT2D eigenvalue weighted by atomic mass is 16.5. The molecule has 2 aromatic carbocycles. The number of rotatable bonds is 2. The third kappa shape index (κ3) is 1.80. The van der Waals surface area contributed by atoms with Crippen molar-refractivity contribution in [3.63, 3.8) is 0 Å². The molecule has 3 heteroatoms. The van der Waals surface area contributed by atoms with Crippen molar-refractivity contribution in [2.45, 2.75) is 0 Å². The van der Waals surface area contributed by atoms with E-state index in [1.807, 2.05) is 30.3 Å². The first-order chi connectivity index (χ1) is 7.72. The van der Waals surface area contributed by atoms with Crippen molar-refractivity contribution in [3.8, 4) is 28.4 Å². The van der Waals surface area contributed by atoms with Crippen molar-refractivity contribution in [2.75, 3.05) is 7.11 Å². The van der Waals surface area contributed by atoms with Crippen LogP contribution in [0.15, 0.2) is 42.5 Å². The lowest BCUT2D eigenvalue weighted by Crippen LogP contribution is -1.86. The summed E-state index contributed by atoms with van der Waals surface area (Å²) >= 11 is 0. The molecule has 3 nitrogen and oxygen atoms in total. The molecule has 0 aromatic heterocycles. The van der Waals surface area contributed by atoms with E-state index < -0.39 is 0 Å². The molecule has 2 N–H and O–H groups in total. The monoisotopic (exact) mass is 216 g/mol. The van der Waals surface area contributed by atoms with Gasteiger partial charge in [0.05, 0.1) is 7.11 Å². The van der Waals surface area contributed by atoms with E-state index >= 15 is 0 Å². The molecular formula is C13H12O3. The smallest absolute Gasteiger partial charge is 0.165 e. The molecule has 0 spiro atoms. The average Bonchev–Trinajstić information content (AvgIpc) is 2.33. The summed E-state index contributed by atoms with van der Waals surface area (Å²) < 4.78 is 4.98. The predicted molar refractivity (Wildman–Crippen MR) is 61.8 cm³/mol. The molecule has 0 atom stereocenters. The standard InChI is InChI=1S/C13H12O3/c1-16-12-8-10(14)7-11(13(12)15)9-5-3-2-4-6-9/h2-8,14-15H,1H3. The number of methoxy groups -OCH3 is 1. The quantitative estimate of drug-likeness (QED) is 0.759. The fraction of sp³-hybridized carbons (Fsp3) is 0.0769. The van der Waals surface area contributed by atoms with Gasteiger partial charge in [0.15, 0.2) is 11.5 Å². The van der Waals surface area contributed by atoms with E-state index in [4.69, 9.17) is 4.74 Å². The van der Waals surface area contributed by atoms with Crippen LogP contribution in [-0.2, 0) is 0 Å². The Morgan fingerprint density at radius 2 is 1.69 bits per heavy atom. The van der Waals surface area contributed by atoms with Crippen LogP contribution in [0.2, 0.25) is 0 Å². The Morgan fingerprint density at radius 3 is 2.31 bits per heavy atom. The minimum absolute atomic E-state index is 0.0338. The number of phenols is 2. The lowest BCUT2D eigenvalue weighted by molar-refractivity contribution is 0.369. The molecule has 0 aliphatic carbocycles. The van der Waals surface area contributed by atoms with Gasteiger partial charge in [-0.2, -0.15) is 0 Å². The third-order valence-electron chi connectivity index (χ3n) is 2.36. The lowest BCUT2D eigenvalue weighted by Gasteiger charge is -2.09. The first-order valence-electron chi connectivity index (χ1n) is 4.87. The molecule has 2 aromatic rings. The molecule has 0 unspecified atom stereocenters. The SMILES string of the molecule is COc1cc(O)cc(-c2ccccc2)c1O. The first kappa shape index (κ1) is 10.4. The minimum Gasteiger partial charge on any atom is -0.508 e. The van der Waals surface area contributed by atoms with Crippen molar-refractivity contribution >= 4 is 0 Å². The molecule has 0 fully saturated rings. The Kier molecular flexibility index (Phi) is 2.68. The summed E-state index contributed by atoms with van der Waals surface area (Å²) in [4.78, 5) is 0. The summed E-state index contributed by atoms with van der Waals surface area (Å²) in [6.45, 7) is 0. The molecule has 16 heavy (non-hydrogen) atoms. The van der Waals surface area contributed by atoms with Crippen molar-refractivity contribution in [1.82, 2.24) is 0 Å². The highest BCUT2D eigenvalue weighted by molar-refractivity contribution is 5.75. The minimum atomic E-state index is 0.0338. The average molecular weight is 216 g/mol. The second kappa shape index (κ2) is 4.14. The van der Waals surface area contributed by atoms with Crippen molar-refractivity contribution < 1.29 is 14.9 Å². The summed E-state index contributed by atoms with van der Waals surface area (Å²) in [5.74, 6) is 0.360. The number of phenolic OH excluding ortho intramolecular Hbond substituents is 2. The van der Waals surface area contributed by atoms with Crippen LogP contribution in [0.1, 0.15) is 0 Å². The van der Waals surface area contributed by atoms with Gasteiger partial charge in [-0.25, -0.2) is 0 Å². The number of hydrogen-bond acceptors (Lipinski definition) is 3. The fourth-order valence-corrected chi connectivity index (χ4v) is 1.59. The molecule has 0 saturated carbocycles. The molecular weight excluding hydrogens is 204 g/mol. The maximum absolute atomic E-state index is 9.93. The van der Waals surface area contributed by atoms with E-state index in [0.29, 0.717) is 5.56 Å². The highest BCUT2D eigenvalue weighted by Crippen LogP contribution is 2.40. The van der Waals surface area contributed by atoms with Crippen LogP contribution in [-0.4, -0.2) is 17.3 Å². The van der Waals surface area contributed by atoms with Crippen molar-refractivity contribution in [3.05, 3.63) is 42.5 Å². The van der Waals surface area contributed by atoms with Crippen LogP contribution in [0.4, 0.5) is 0 Å². The van der Waals surface area contributed by atoms with E-state index in [9.17, 15) is 10.2 Å². The van der Waals surface area contributed by atoms with E-state index in [-0.39, 0.29) is 17.2 Å². The first-order valence-corrected chi connectivity index (χ1v) is 4.87. The summed E-state index contributed by atoms with van der Waals surface area (Å²) in [6, 6.07) is 12.2. The van der Waals surface area contributed by atoms with Gasteiger partial charge in [0, 0.05) is 11.6 Å². The predicted octanol–water partition coefficient (Wildman–Crippen LogP) is 2.77. The van der Waals surface area contributed by atoms with Crippen LogP contribution in [0, 0.1) is 0 Å². The fourth-order valence-electron chi connectivity index (χ4n) is 1.59. The number of aromatic hydroxyl groups is 2. The van der Waals surface area contributed by atoms with Gasteiger partial charge in [-0.1, -0.05) is 30.3 Å². The van der Waals surface area contributed by atoms with Gasteiger partial charge >= 0.3 is 0 Å². The molecule has 0 saturated heterocycles. The number of benzene rings is 2. The van der Waals surface area contributed by atoms with Gasteiger partial charge in [-0.3, -0.25) is 0 Å². The van der Waals surface area contributed by atoms with Crippen LogP contribution in [0.25, 0.3) is 11.1 Å². The van der Waals surface area contributed by atoms with Gasteiger partial charge in [0.2, 0.25) is 0 Å². The molecule has 0 heterocycles. The maximum atomic E-state index is 9.93. The maximum Gasteiger partial charge on any atom is 0.165 e. The topological polar surface area (TPSA) is 49.7 Å². The highest BCUT2D eigenvalue weighted by Gasteiger charge is 2.11. The van der Waals surface area contributed by atoms with Crippen LogP contribution >= 0.6 is 0 Å². The van der Waals surface area contributed by atoms with Gasteiger partial charge < -0.3 is 14.9 Å². The summed E-state index contributed by atoms with van der Waals surface area (Å²) in [5, 5.41) is 19.5. The zero-order chi connectivity index (χ0) is 11.5. The molecule has 2 rings (SSSR count). The lowest BCUT2D eigenvalue weighted by atomic mass is 10.0. The van der Waals surface area contributed by atoms with Crippen LogP contribution < -0.4 is 4.74 Å². The number of hydrogen-bond donors (Lipinski definition) is 2. The van der Waals surface area contributed by atoms with Crippen molar-refractivity contribution in [1.29, 1.82) is 0 Å². The largest absolute Gasteiger partial charge is 0.508 e. The third-order valence-corrected chi connectivity index (χ3v) is 2.36. The number of ether oxygens (including phenoxy) is 1. The summed E-state index contributed by atoms with van der Waals surface area (Å²) in [6.07, 6.45) is 0. The van der Waals surface area contributed by atoms with Gasteiger partial charge in [-0.05, 0) is 11.6 Å². The normalized spacial score (nSPS) is 10.1. The Hall–Kier alpha value is -2.16. The zero-order valence-corrected chi connectivity index (χ0v) is 8.84. The molecule has 0 radical (unpaired) electrons. The summed E-state index contributed by atoms with van der Waals surface area (Å²) in [5.41, 5.74) is 1.38. The van der Waals surface area contributed by atoms with Crippen LogP contribution in [0.3, 0.4) is 0 Å². The van der Waals surface area contributed by atoms with Gasteiger partial charge in [0.25, 0.3) is 0 Å². The van der Waals surface area contributed by atoms with E-state index in [1.54, 1.807) is 0 Å². The van der Waals surface area contributed by atoms with E-state index in [0.717, 1.165) is 5.56 Å². The Bertz CT molecular complexity index is 492. The van der Waals surface area contributed by atoms with Crippen LogP contribution in [0.5, 0.6) is 17.2 Å². The Labute approximate surface area is 93.6 Å². The molecule has 0 aliphatic rings.